The second-order valence-corrected chi connectivity index (χ2v) is 7.06. The van der Waals surface area contributed by atoms with E-state index >= 15 is 0 Å². The maximum absolute atomic E-state index is 13.5. The van der Waals surface area contributed by atoms with Gasteiger partial charge in [-0.05, 0) is 43.5 Å². The summed E-state index contributed by atoms with van der Waals surface area (Å²) < 4.78 is 33.9. The van der Waals surface area contributed by atoms with Crippen molar-refractivity contribution in [3.05, 3.63) is 82.7 Å². The number of benzene rings is 2. The molecular formula is C22H21F2N3O2. The minimum absolute atomic E-state index is 0.0948. The predicted molar refractivity (Wildman–Crippen MR) is 104 cm³/mol. The van der Waals surface area contributed by atoms with Crippen molar-refractivity contribution in [2.24, 2.45) is 0 Å². The summed E-state index contributed by atoms with van der Waals surface area (Å²) in [4.78, 5) is 12.5. The first-order valence-electron chi connectivity index (χ1n) is 9.49. The second kappa shape index (κ2) is 8.03. The molecule has 0 saturated carbocycles. The molecule has 1 heterocycles. The van der Waals surface area contributed by atoms with Gasteiger partial charge in [-0.15, -0.1) is 0 Å². The molecule has 0 spiro atoms. The number of para-hydroxylation sites is 1. The van der Waals surface area contributed by atoms with Gasteiger partial charge in [-0.3, -0.25) is 9.48 Å². The maximum Gasteiger partial charge on any atom is 0.251 e. The van der Waals surface area contributed by atoms with E-state index in [1.165, 1.54) is 6.07 Å². The van der Waals surface area contributed by atoms with Gasteiger partial charge in [0.1, 0.15) is 5.75 Å². The van der Waals surface area contributed by atoms with Crippen LogP contribution in [-0.2, 0) is 13.0 Å². The van der Waals surface area contributed by atoms with E-state index in [-0.39, 0.29) is 11.6 Å². The van der Waals surface area contributed by atoms with Crippen molar-refractivity contribution >= 4 is 5.91 Å². The van der Waals surface area contributed by atoms with Crippen molar-refractivity contribution in [2.45, 2.75) is 31.8 Å². The molecule has 0 radical (unpaired) electrons. The fraction of sp³-hybridized carbons (Fsp3) is 0.273. The lowest BCUT2D eigenvalue weighted by Gasteiger charge is -2.24. The van der Waals surface area contributed by atoms with E-state index in [1.54, 1.807) is 13.3 Å². The topological polar surface area (TPSA) is 56.1 Å². The minimum atomic E-state index is -1.04. The third kappa shape index (κ3) is 3.85. The van der Waals surface area contributed by atoms with Crippen LogP contribution in [-0.4, -0.2) is 22.8 Å². The van der Waals surface area contributed by atoms with Crippen molar-refractivity contribution in [2.75, 3.05) is 7.11 Å². The van der Waals surface area contributed by atoms with Gasteiger partial charge in [0.15, 0.2) is 11.6 Å². The zero-order valence-corrected chi connectivity index (χ0v) is 16.0. The first-order valence-corrected chi connectivity index (χ1v) is 9.49. The van der Waals surface area contributed by atoms with Gasteiger partial charge < -0.3 is 10.1 Å². The fourth-order valence-electron chi connectivity index (χ4n) is 3.78. The molecule has 1 atom stereocenters. The number of hydrogen-bond donors (Lipinski definition) is 1. The first-order chi connectivity index (χ1) is 14.1. The van der Waals surface area contributed by atoms with Gasteiger partial charge in [-0.1, -0.05) is 18.2 Å². The Morgan fingerprint density at radius 3 is 2.86 bits per heavy atom. The lowest BCUT2D eigenvalue weighted by atomic mass is 9.92. The number of carbonyl (C=O) groups excluding carboxylic acids is 1. The number of amides is 1. The van der Waals surface area contributed by atoms with Gasteiger partial charge in [0.05, 0.1) is 25.9 Å². The van der Waals surface area contributed by atoms with E-state index in [4.69, 9.17) is 4.74 Å². The van der Waals surface area contributed by atoms with Crippen LogP contribution in [0.25, 0.3) is 0 Å². The fourth-order valence-corrected chi connectivity index (χ4v) is 3.78. The third-order valence-electron chi connectivity index (χ3n) is 5.26. The summed E-state index contributed by atoms with van der Waals surface area (Å²) in [5, 5.41) is 7.46. The van der Waals surface area contributed by atoms with E-state index in [1.807, 2.05) is 28.9 Å². The molecule has 29 heavy (non-hydrogen) atoms. The number of ether oxygens (including phenoxy) is 1. The lowest BCUT2D eigenvalue weighted by molar-refractivity contribution is 0.0932. The van der Waals surface area contributed by atoms with Crippen LogP contribution >= 0.6 is 0 Å². The number of methoxy groups -OCH3 is 1. The van der Waals surface area contributed by atoms with Gasteiger partial charge in [0, 0.05) is 22.4 Å². The quantitative estimate of drug-likeness (QED) is 0.707. The number of hydrogen-bond acceptors (Lipinski definition) is 3. The van der Waals surface area contributed by atoms with Crippen LogP contribution in [0.3, 0.4) is 0 Å². The molecule has 0 unspecified atom stereocenters. The van der Waals surface area contributed by atoms with E-state index < -0.39 is 17.5 Å². The Labute approximate surface area is 167 Å². The number of fused-ring (bicyclic) bond motifs is 1. The molecule has 1 N–H and O–H groups in total. The molecule has 0 saturated heterocycles. The summed E-state index contributed by atoms with van der Waals surface area (Å²) in [5.74, 6) is -1.64. The predicted octanol–water partition coefficient (Wildman–Crippen LogP) is 4.03. The Morgan fingerprint density at radius 2 is 2.07 bits per heavy atom. The highest BCUT2D eigenvalue weighted by atomic mass is 19.2. The summed E-state index contributed by atoms with van der Waals surface area (Å²) in [6.45, 7) is 0.573. The van der Waals surface area contributed by atoms with Gasteiger partial charge in [-0.25, -0.2) is 8.78 Å². The monoisotopic (exact) mass is 397 g/mol. The summed E-state index contributed by atoms with van der Waals surface area (Å²) in [7, 11) is 1.64. The molecule has 7 heteroatoms. The highest BCUT2D eigenvalue weighted by molar-refractivity contribution is 5.94. The molecule has 1 aliphatic carbocycles. The normalized spacial score (nSPS) is 15.6. The summed E-state index contributed by atoms with van der Waals surface area (Å²) >= 11 is 0. The number of nitrogens with zero attached hydrogens (tertiary/aromatic N) is 2. The molecule has 1 aliphatic rings. The van der Waals surface area contributed by atoms with Gasteiger partial charge >= 0.3 is 0 Å². The lowest BCUT2D eigenvalue weighted by Crippen LogP contribution is -2.31. The first kappa shape index (κ1) is 19.1. The summed E-state index contributed by atoms with van der Waals surface area (Å²) in [5.41, 5.74) is 3.14. The van der Waals surface area contributed by atoms with Crippen LogP contribution in [0.5, 0.6) is 5.75 Å². The minimum Gasteiger partial charge on any atom is -0.496 e. The van der Waals surface area contributed by atoms with E-state index in [0.717, 1.165) is 54.0 Å². The van der Waals surface area contributed by atoms with Crippen LogP contribution in [0.4, 0.5) is 8.78 Å². The number of halogens is 2. The van der Waals surface area contributed by atoms with E-state index in [0.29, 0.717) is 6.54 Å². The standard InChI is InChI=1S/C22H21F2N3O2/c1-29-21-8-3-2-5-15(21)13-27-20-7-4-6-19(16(20)12-25-27)26-22(28)14-9-10-17(23)18(24)11-14/h2-3,5,8-12,19H,4,6-7,13H2,1H3,(H,26,28)/t19-/m0/s1. The molecule has 4 rings (SSSR count). The van der Waals surface area contributed by atoms with Crippen LogP contribution in [0, 0.1) is 11.6 Å². The Bertz CT molecular complexity index is 1050. The largest absolute Gasteiger partial charge is 0.496 e. The van der Waals surface area contributed by atoms with E-state index in [9.17, 15) is 13.6 Å². The van der Waals surface area contributed by atoms with Crippen molar-refractivity contribution in [1.29, 1.82) is 0 Å². The SMILES string of the molecule is COc1ccccc1Cn1ncc2c1CCC[C@@H]2NC(=O)c1ccc(F)c(F)c1. The highest BCUT2D eigenvalue weighted by Crippen LogP contribution is 2.31. The molecule has 5 nitrogen and oxygen atoms in total. The molecule has 0 bridgehead atoms. The molecule has 1 amide bonds. The number of rotatable bonds is 5. The summed E-state index contributed by atoms with van der Waals surface area (Å²) in [6.07, 6.45) is 4.30. The van der Waals surface area contributed by atoms with Crippen molar-refractivity contribution in [3.63, 3.8) is 0 Å². The Morgan fingerprint density at radius 1 is 1.24 bits per heavy atom. The van der Waals surface area contributed by atoms with Gasteiger partial charge in [0.2, 0.25) is 0 Å². The molecule has 150 valence electrons. The van der Waals surface area contributed by atoms with Crippen LogP contribution in [0.2, 0.25) is 0 Å². The van der Waals surface area contributed by atoms with Crippen molar-refractivity contribution in [1.82, 2.24) is 15.1 Å². The third-order valence-corrected chi connectivity index (χ3v) is 5.26. The van der Waals surface area contributed by atoms with Gasteiger partial charge in [-0.2, -0.15) is 5.10 Å². The molecule has 3 aromatic rings. The zero-order valence-electron chi connectivity index (χ0n) is 16.0. The molecular weight excluding hydrogens is 376 g/mol. The number of aromatic nitrogens is 2. The smallest absolute Gasteiger partial charge is 0.251 e. The molecule has 0 fully saturated rings. The average Bonchev–Trinajstić information content (AvgIpc) is 3.14. The van der Waals surface area contributed by atoms with Crippen molar-refractivity contribution in [3.8, 4) is 5.75 Å². The molecule has 2 aromatic carbocycles. The van der Waals surface area contributed by atoms with Crippen LogP contribution in [0.1, 0.15) is 46.1 Å². The number of carbonyl (C=O) groups is 1. The molecule has 1 aromatic heterocycles. The Hall–Kier alpha value is -3.22. The van der Waals surface area contributed by atoms with Crippen molar-refractivity contribution < 1.29 is 18.3 Å². The molecule has 0 aliphatic heterocycles. The van der Waals surface area contributed by atoms with E-state index in [2.05, 4.69) is 10.4 Å². The van der Waals surface area contributed by atoms with Crippen LogP contribution in [0.15, 0.2) is 48.7 Å². The van der Waals surface area contributed by atoms with Gasteiger partial charge in [0.25, 0.3) is 5.91 Å². The average molecular weight is 397 g/mol. The Balaban J connectivity index is 1.55. The zero-order chi connectivity index (χ0) is 20.4. The number of nitrogens with one attached hydrogen (secondary N) is 1. The maximum atomic E-state index is 13.5. The second-order valence-electron chi connectivity index (χ2n) is 7.06. The van der Waals surface area contributed by atoms with Crippen LogP contribution < -0.4 is 10.1 Å². The Kier molecular flexibility index (Phi) is 5.29. The highest BCUT2D eigenvalue weighted by Gasteiger charge is 2.26. The summed E-state index contributed by atoms with van der Waals surface area (Å²) in [6, 6.07) is 10.7.